The molecule has 1 aliphatic heterocycles. The number of amides is 1. The number of aryl methyl sites for hydroxylation is 2. The van der Waals surface area contributed by atoms with E-state index in [1.165, 1.54) is 4.68 Å². The van der Waals surface area contributed by atoms with Gasteiger partial charge in [-0.3, -0.25) is 10.0 Å². The Balaban J connectivity index is 1.41. The van der Waals surface area contributed by atoms with Gasteiger partial charge in [0.25, 0.3) is 0 Å². The van der Waals surface area contributed by atoms with Crippen molar-refractivity contribution < 1.29 is 23.2 Å². The molecule has 1 saturated heterocycles. The highest BCUT2D eigenvalue weighted by atomic mass is 19.1. The molecule has 0 bridgehead atoms. The molecule has 1 fully saturated rings. The van der Waals surface area contributed by atoms with Crippen molar-refractivity contribution in [2.45, 2.75) is 33.2 Å². The van der Waals surface area contributed by atoms with Gasteiger partial charge in [0, 0.05) is 25.1 Å². The fourth-order valence-electron chi connectivity index (χ4n) is 3.86. The number of hydroxylamine groups is 2. The lowest BCUT2D eigenvalue weighted by atomic mass is 9.96. The van der Waals surface area contributed by atoms with Gasteiger partial charge >= 0.3 is 0 Å². The number of nitrogens with zero attached hydrogens (tertiary/aromatic N) is 7. The van der Waals surface area contributed by atoms with Crippen molar-refractivity contribution in [2.75, 3.05) is 18.0 Å². The van der Waals surface area contributed by atoms with Crippen LogP contribution in [0.1, 0.15) is 30.1 Å². The van der Waals surface area contributed by atoms with E-state index in [1.54, 1.807) is 13.8 Å². The van der Waals surface area contributed by atoms with Crippen molar-refractivity contribution in [3.8, 4) is 5.82 Å². The van der Waals surface area contributed by atoms with Crippen molar-refractivity contribution in [2.24, 2.45) is 5.92 Å². The molecular weight excluding hydrogens is 439 g/mol. The maximum Gasteiger partial charge on any atom is 0.249 e. The van der Waals surface area contributed by atoms with Crippen LogP contribution in [0.5, 0.6) is 0 Å². The van der Waals surface area contributed by atoms with E-state index in [4.69, 9.17) is 0 Å². The summed E-state index contributed by atoms with van der Waals surface area (Å²) in [4.78, 5) is 27.0. The molecular formula is C21H22F3N7O2. The van der Waals surface area contributed by atoms with E-state index in [9.17, 15) is 23.2 Å². The summed E-state index contributed by atoms with van der Waals surface area (Å²) < 4.78 is 42.3. The number of carbonyl (C=O) groups excluding carboxylic acids is 1. The van der Waals surface area contributed by atoms with E-state index < -0.39 is 29.3 Å². The first-order valence-corrected chi connectivity index (χ1v) is 10.3. The lowest BCUT2D eigenvalue weighted by molar-refractivity contribution is -0.173. The second kappa shape index (κ2) is 9.14. The molecule has 1 aliphatic rings. The van der Waals surface area contributed by atoms with Gasteiger partial charge < -0.3 is 4.90 Å². The lowest BCUT2D eigenvalue weighted by Gasteiger charge is -2.32. The van der Waals surface area contributed by atoms with Gasteiger partial charge in [-0.1, -0.05) is 0 Å². The van der Waals surface area contributed by atoms with Crippen molar-refractivity contribution >= 4 is 11.9 Å². The van der Waals surface area contributed by atoms with E-state index >= 15 is 0 Å². The van der Waals surface area contributed by atoms with Crippen molar-refractivity contribution in [3.63, 3.8) is 0 Å². The van der Waals surface area contributed by atoms with E-state index in [0.717, 1.165) is 24.4 Å². The summed E-state index contributed by atoms with van der Waals surface area (Å²) >= 11 is 0. The minimum atomic E-state index is -0.783. The van der Waals surface area contributed by atoms with E-state index in [1.807, 2.05) is 4.90 Å². The third kappa shape index (κ3) is 4.95. The Morgan fingerprint density at radius 3 is 2.39 bits per heavy atom. The highest BCUT2D eigenvalue weighted by Gasteiger charge is 2.30. The monoisotopic (exact) mass is 461 g/mol. The molecule has 0 aliphatic carbocycles. The SMILES string of the molecule is Cc1nc(C)n(-c2nc(N3CCC(C(=O)N(O)Cc4cc(F)cc(F)c4)CC3)ncc2F)n1. The summed E-state index contributed by atoms with van der Waals surface area (Å²) in [7, 11) is 0. The number of hydrogen-bond donors (Lipinski definition) is 1. The smallest absolute Gasteiger partial charge is 0.249 e. The number of carbonyl (C=O) groups is 1. The third-order valence-electron chi connectivity index (χ3n) is 5.42. The second-order valence-corrected chi connectivity index (χ2v) is 7.89. The Hall–Kier alpha value is -3.54. The summed E-state index contributed by atoms with van der Waals surface area (Å²) in [5.41, 5.74) is 0.145. The maximum absolute atomic E-state index is 14.3. The molecule has 0 spiro atoms. The highest BCUT2D eigenvalue weighted by molar-refractivity contribution is 5.78. The minimum absolute atomic E-state index is 0.0137. The van der Waals surface area contributed by atoms with Gasteiger partial charge in [-0.25, -0.2) is 28.2 Å². The quantitative estimate of drug-likeness (QED) is 0.461. The molecule has 3 aromatic rings. The minimum Gasteiger partial charge on any atom is -0.341 e. The van der Waals surface area contributed by atoms with Gasteiger partial charge in [0.1, 0.15) is 23.3 Å². The molecule has 0 unspecified atom stereocenters. The van der Waals surface area contributed by atoms with Crippen LogP contribution in [0.4, 0.5) is 19.1 Å². The predicted molar refractivity (Wildman–Crippen MR) is 110 cm³/mol. The van der Waals surface area contributed by atoms with Gasteiger partial charge in [-0.15, -0.1) is 5.10 Å². The zero-order valence-electron chi connectivity index (χ0n) is 18.0. The predicted octanol–water partition coefficient (Wildman–Crippen LogP) is 2.73. The molecule has 0 atom stereocenters. The summed E-state index contributed by atoms with van der Waals surface area (Å²) in [6, 6.07) is 2.84. The van der Waals surface area contributed by atoms with Gasteiger partial charge in [0.15, 0.2) is 11.6 Å². The standard InChI is InChI=1S/C21H22F3N7O2/c1-12-26-13(2)31(28-12)19-18(24)10-25-21(27-19)29-5-3-15(4-6-29)20(32)30(33)11-14-7-16(22)9-17(23)8-14/h7-10,15,33H,3-6,11H2,1-2H3. The molecule has 12 heteroatoms. The van der Waals surface area contributed by atoms with Crippen LogP contribution in [0.3, 0.4) is 0 Å². The molecule has 9 nitrogen and oxygen atoms in total. The van der Waals surface area contributed by atoms with E-state index in [0.29, 0.717) is 48.6 Å². The number of hydrogen-bond acceptors (Lipinski definition) is 7. The van der Waals surface area contributed by atoms with Gasteiger partial charge in [0.2, 0.25) is 11.9 Å². The van der Waals surface area contributed by atoms with E-state index in [2.05, 4.69) is 20.1 Å². The Labute approximate surface area is 187 Å². The van der Waals surface area contributed by atoms with Crippen molar-refractivity contribution in [3.05, 3.63) is 59.1 Å². The van der Waals surface area contributed by atoms with Crippen LogP contribution in [-0.4, -0.2) is 54.0 Å². The Bertz CT molecular complexity index is 1160. The first kappa shape index (κ1) is 22.6. The second-order valence-electron chi connectivity index (χ2n) is 7.89. The molecule has 33 heavy (non-hydrogen) atoms. The molecule has 0 saturated carbocycles. The normalized spacial score (nSPS) is 14.5. The van der Waals surface area contributed by atoms with Crippen molar-refractivity contribution in [1.29, 1.82) is 0 Å². The number of aromatic nitrogens is 5. The summed E-state index contributed by atoms with van der Waals surface area (Å²) in [6.45, 7) is 3.87. The summed E-state index contributed by atoms with van der Waals surface area (Å²) in [5.74, 6) is -1.97. The molecule has 1 N–H and O–H groups in total. The summed E-state index contributed by atoms with van der Waals surface area (Å²) in [5, 5.41) is 14.8. The van der Waals surface area contributed by atoms with Crippen molar-refractivity contribution in [1.82, 2.24) is 29.8 Å². The molecule has 3 heterocycles. The third-order valence-corrected chi connectivity index (χ3v) is 5.42. The van der Waals surface area contributed by atoms with E-state index in [-0.39, 0.29) is 17.9 Å². The molecule has 4 rings (SSSR count). The molecule has 174 valence electrons. The van der Waals surface area contributed by atoms with Crippen LogP contribution in [0.15, 0.2) is 24.4 Å². The van der Waals surface area contributed by atoms with Gasteiger partial charge in [-0.2, -0.15) is 9.67 Å². The zero-order chi connectivity index (χ0) is 23.7. The van der Waals surface area contributed by atoms with Crippen LogP contribution in [0.2, 0.25) is 0 Å². The first-order valence-electron chi connectivity index (χ1n) is 10.3. The summed E-state index contributed by atoms with van der Waals surface area (Å²) in [6.07, 6.45) is 1.86. The van der Waals surface area contributed by atoms with Crippen LogP contribution >= 0.6 is 0 Å². The first-order chi connectivity index (χ1) is 15.7. The number of rotatable bonds is 5. The Morgan fingerprint density at radius 2 is 1.79 bits per heavy atom. The van der Waals surface area contributed by atoms with Crippen LogP contribution in [0.25, 0.3) is 5.82 Å². The van der Waals surface area contributed by atoms with Gasteiger partial charge in [0.05, 0.1) is 12.7 Å². The fraction of sp³-hybridized carbons (Fsp3) is 0.381. The number of anilines is 1. The highest BCUT2D eigenvalue weighted by Crippen LogP contribution is 2.24. The van der Waals surface area contributed by atoms with Crippen LogP contribution in [0, 0.1) is 37.2 Å². The average Bonchev–Trinajstić information content (AvgIpc) is 3.10. The molecule has 1 aromatic carbocycles. The Kier molecular flexibility index (Phi) is 6.27. The molecule has 0 radical (unpaired) electrons. The lowest BCUT2D eigenvalue weighted by Crippen LogP contribution is -2.42. The topological polar surface area (TPSA) is 100 Å². The van der Waals surface area contributed by atoms with Gasteiger partial charge in [-0.05, 0) is 44.4 Å². The van der Waals surface area contributed by atoms with Crippen LogP contribution in [-0.2, 0) is 11.3 Å². The average molecular weight is 461 g/mol. The van der Waals surface area contributed by atoms with Crippen LogP contribution < -0.4 is 4.90 Å². The fourth-order valence-corrected chi connectivity index (χ4v) is 3.86. The molecule has 1 amide bonds. The maximum atomic E-state index is 14.3. The number of benzene rings is 1. The molecule has 2 aromatic heterocycles. The number of halogens is 3. The Morgan fingerprint density at radius 1 is 1.12 bits per heavy atom. The zero-order valence-corrected chi connectivity index (χ0v) is 18.0. The largest absolute Gasteiger partial charge is 0.341 e. The number of piperidine rings is 1.